The molecule has 0 radical (unpaired) electrons. The number of rotatable bonds is 4. The van der Waals surface area contributed by atoms with E-state index < -0.39 is 12.1 Å². The number of hydrogen-bond donors (Lipinski definition) is 0. The normalized spacial score (nSPS) is 15.7. The maximum absolute atomic E-state index is 13.2. The highest BCUT2D eigenvalue weighted by atomic mass is 32.1. The predicted octanol–water partition coefficient (Wildman–Crippen LogP) is 5.30. The number of halogens is 3. The SMILES string of the molecule is FC(F)(F)C1C=C1c1nc(-c2cccnc2)sc1-c1cccc(-c2ncccn2)n1. The van der Waals surface area contributed by atoms with Crippen molar-refractivity contribution in [3.63, 3.8) is 0 Å². The molecule has 0 fully saturated rings. The molecule has 30 heavy (non-hydrogen) atoms. The van der Waals surface area contributed by atoms with Gasteiger partial charge in [-0.1, -0.05) is 12.1 Å². The second kappa shape index (κ2) is 7.10. The molecule has 0 amide bonds. The lowest BCUT2D eigenvalue weighted by atomic mass is 10.1. The first-order valence-electron chi connectivity index (χ1n) is 8.95. The van der Waals surface area contributed by atoms with Crippen molar-refractivity contribution in [3.8, 4) is 32.7 Å². The van der Waals surface area contributed by atoms with E-state index in [1.54, 1.807) is 55.1 Å². The monoisotopic (exact) mass is 423 g/mol. The molecule has 5 nitrogen and oxygen atoms in total. The molecule has 4 aromatic rings. The van der Waals surface area contributed by atoms with Gasteiger partial charge in [0.25, 0.3) is 0 Å². The summed E-state index contributed by atoms with van der Waals surface area (Å²) in [4.78, 5) is 22.2. The fourth-order valence-electron chi connectivity index (χ4n) is 3.05. The van der Waals surface area contributed by atoms with Crippen LogP contribution in [0.25, 0.3) is 38.2 Å². The Morgan fingerprint density at radius 2 is 1.67 bits per heavy atom. The van der Waals surface area contributed by atoms with E-state index >= 15 is 0 Å². The van der Waals surface area contributed by atoms with Crippen LogP contribution >= 0.6 is 11.3 Å². The Bertz CT molecular complexity index is 1240. The second-order valence-electron chi connectivity index (χ2n) is 6.56. The first-order valence-corrected chi connectivity index (χ1v) is 9.77. The van der Waals surface area contributed by atoms with Gasteiger partial charge in [0, 0.05) is 30.4 Å². The largest absolute Gasteiger partial charge is 0.399 e. The quantitative estimate of drug-likeness (QED) is 0.446. The first-order chi connectivity index (χ1) is 14.5. The van der Waals surface area contributed by atoms with Gasteiger partial charge in [0.1, 0.15) is 16.6 Å². The Kier molecular flexibility index (Phi) is 4.39. The molecule has 9 heteroatoms. The number of alkyl halides is 3. The summed E-state index contributed by atoms with van der Waals surface area (Å²) >= 11 is 1.29. The van der Waals surface area contributed by atoms with E-state index in [0.717, 1.165) is 5.56 Å². The van der Waals surface area contributed by atoms with E-state index in [4.69, 9.17) is 0 Å². The van der Waals surface area contributed by atoms with Crippen molar-refractivity contribution in [2.75, 3.05) is 0 Å². The van der Waals surface area contributed by atoms with E-state index in [2.05, 4.69) is 24.9 Å². The minimum Gasteiger partial charge on any atom is -0.264 e. The summed E-state index contributed by atoms with van der Waals surface area (Å²) < 4.78 is 39.6. The van der Waals surface area contributed by atoms with Gasteiger partial charge in [-0.3, -0.25) is 4.98 Å². The predicted molar refractivity (Wildman–Crippen MR) is 107 cm³/mol. The van der Waals surface area contributed by atoms with Gasteiger partial charge < -0.3 is 0 Å². The molecule has 4 aromatic heterocycles. The lowest BCUT2D eigenvalue weighted by molar-refractivity contribution is -0.139. The van der Waals surface area contributed by atoms with Crippen LogP contribution < -0.4 is 0 Å². The van der Waals surface area contributed by atoms with Gasteiger partial charge in [-0.15, -0.1) is 11.3 Å². The third kappa shape index (κ3) is 3.48. The number of aromatic nitrogens is 5. The fourth-order valence-corrected chi connectivity index (χ4v) is 4.09. The maximum Gasteiger partial charge on any atom is 0.399 e. The Balaban J connectivity index is 1.61. The van der Waals surface area contributed by atoms with Gasteiger partial charge in [-0.2, -0.15) is 13.2 Å². The van der Waals surface area contributed by atoms with Crippen LogP contribution in [0, 0.1) is 5.92 Å². The van der Waals surface area contributed by atoms with Crippen molar-refractivity contribution in [3.05, 3.63) is 73.0 Å². The van der Waals surface area contributed by atoms with Crippen molar-refractivity contribution >= 4 is 16.9 Å². The van der Waals surface area contributed by atoms with Crippen LogP contribution in [0.1, 0.15) is 5.69 Å². The molecule has 0 saturated heterocycles. The molecule has 0 N–H and O–H groups in total. The van der Waals surface area contributed by atoms with Crippen molar-refractivity contribution in [1.29, 1.82) is 0 Å². The minimum absolute atomic E-state index is 0.173. The van der Waals surface area contributed by atoms with E-state index in [9.17, 15) is 13.2 Å². The topological polar surface area (TPSA) is 64.5 Å². The molecule has 0 spiro atoms. The summed E-state index contributed by atoms with van der Waals surface area (Å²) in [5.74, 6) is -1.13. The number of allylic oxidation sites excluding steroid dienone is 2. The van der Waals surface area contributed by atoms with Crippen molar-refractivity contribution in [2.45, 2.75) is 6.18 Å². The minimum atomic E-state index is -4.32. The van der Waals surface area contributed by atoms with Gasteiger partial charge in [0.2, 0.25) is 0 Å². The van der Waals surface area contributed by atoms with Crippen LogP contribution in [0.4, 0.5) is 13.2 Å². The Morgan fingerprint density at radius 3 is 2.37 bits per heavy atom. The number of hydrogen-bond acceptors (Lipinski definition) is 6. The van der Waals surface area contributed by atoms with E-state index in [1.165, 1.54) is 17.4 Å². The molecule has 0 bridgehead atoms. The standard InChI is InChI=1S/C21H12F3N5S/c22-21(23,24)14-10-13(14)17-18(30-20(29-17)12-4-2-7-25-11-12)15-5-1-6-16(28-15)19-26-8-3-9-27-19/h1-11,14H. The average Bonchev–Trinajstić information content (AvgIpc) is 3.47. The van der Waals surface area contributed by atoms with Crippen LogP contribution in [0.5, 0.6) is 0 Å². The molecule has 0 aliphatic heterocycles. The molecule has 0 saturated carbocycles. The summed E-state index contributed by atoms with van der Waals surface area (Å²) in [6.45, 7) is 0. The van der Waals surface area contributed by atoms with Crippen LogP contribution in [0.15, 0.2) is 67.3 Å². The van der Waals surface area contributed by atoms with Crippen molar-refractivity contribution in [2.24, 2.45) is 5.92 Å². The third-order valence-corrected chi connectivity index (χ3v) is 5.64. The molecular formula is C21H12F3N5S. The van der Waals surface area contributed by atoms with Crippen LogP contribution in [0.2, 0.25) is 0 Å². The highest BCUT2D eigenvalue weighted by Crippen LogP contribution is 2.52. The lowest BCUT2D eigenvalue weighted by Gasteiger charge is -2.06. The Hall–Kier alpha value is -3.46. The zero-order chi connectivity index (χ0) is 20.7. The van der Waals surface area contributed by atoms with Gasteiger partial charge in [0.15, 0.2) is 5.82 Å². The smallest absolute Gasteiger partial charge is 0.264 e. The lowest BCUT2D eigenvalue weighted by Crippen LogP contribution is -2.12. The van der Waals surface area contributed by atoms with Crippen molar-refractivity contribution < 1.29 is 13.2 Å². The second-order valence-corrected chi connectivity index (χ2v) is 7.56. The molecule has 4 heterocycles. The highest BCUT2D eigenvalue weighted by Gasteiger charge is 2.50. The molecule has 0 aromatic carbocycles. The summed E-state index contributed by atoms with van der Waals surface area (Å²) in [6, 6.07) is 10.6. The molecule has 1 aliphatic rings. The molecule has 5 rings (SSSR count). The number of pyridine rings is 2. The molecule has 148 valence electrons. The van der Waals surface area contributed by atoms with Gasteiger partial charge in [-0.25, -0.2) is 19.9 Å². The summed E-state index contributed by atoms with van der Waals surface area (Å²) in [5, 5.41) is 0.588. The highest BCUT2D eigenvalue weighted by molar-refractivity contribution is 7.18. The zero-order valence-corrected chi connectivity index (χ0v) is 16.0. The molecular weight excluding hydrogens is 411 g/mol. The van der Waals surface area contributed by atoms with Gasteiger partial charge in [0.05, 0.1) is 16.3 Å². The third-order valence-electron chi connectivity index (χ3n) is 4.51. The number of thiazole rings is 1. The van der Waals surface area contributed by atoms with Gasteiger partial charge >= 0.3 is 6.18 Å². The van der Waals surface area contributed by atoms with E-state index in [1.807, 2.05) is 6.07 Å². The van der Waals surface area contributed by atoms with E-state index in [0.29, 0.717) is 32.8 Å². The summed E-state index contributed by atoms with van der Waals surface area (Å²) in [5.41, 5.74) is 2.28. The Morgan fingerprint density at radius 1 is 0.867 bits per heavy atom. The molecule has 1 aliphatic carbocycles. The average molecular weight is 423 g/mol. The first kappa shape index (κ1) is 18.6. The van der Waals surface area contributed by atoms with Crippen LogP contribution in [-0.4, -0.2) is 31.1 Å². The zero-order valence-electron chi connectivity index (χ0n) is 15.2. The van der Waals surface area contributed by atoms with E-state index in [-0.39, 0.29) is 5.57 Å². The van der Waals surface area contributed by atoms with Crippen LogP contribution in [-0.2, 0) is 0 Å². The van der Waals surface area contributed by atoms with Crippen molar-refractivity contribution in [1.82, 2.24) is 24.9 Å². The van der Waals surface area contributed by atoms with Crippen LogP contribution in [0.3, 0.4) is 0 Å². The fraction of sp³-hybridized carbons (Fsp3) is 0.0952. The molecule has 1 unspecified atom stereocenters. The summed E-state index contributed by atoms with van der Waals surface area (Å²) in [7, 11) is 0. The molecule has 1 atom stereocenters. The summed E-state index contributed by atoms with van der Waals surface area (Å²) in [6.07, 6.45) is 3.35. The maximum atomic E-state index is 13.2. The Labute approximate surface area is 173 Å². The van der Waals surface area contributed by atoms with Gasteiger partial charge in [-0.05, 0) is 35.9 Å². The number of nitrogens with zero attached hydrogens (tertiary/aromatic N) is 5.